The monoisotopic (exact) mass is 241 g/mol. The molecule has 0 amide bonds. The zero-order valence-electron chi connectivity index (χ0n) is 9.66. The van der Waals surface area contributed by atoms with Crippen LogP contribution < -0.4 is 5.32 Å². The molecular formula is C12H19NO2S. The highest BCUT2D eigenvalue weighted by atomic mass is 32.1. The van der Waals surface area contributed by atoms with Crippen molar-refractivity contribution in [2.24, 2.45) is 0 Å². The van der Waals surface area contributed by atoms with Crippen LogP contribution in [0.4, 0.5) is 0 Å². The predicted molar refractivity (Wildman–Crippen MR) is 65.8 cm³/mol. The summed E-state index contributed by atoms with van der Waals surface area (Å²) in [6.45, 7) is 4.77. The van der Waals surface area contributed by atoms with Crippen LogP contribution in [0.5, 0.6) is 0 Å². The van der Waals surface area contributed by atoms with Crippen LogP contribution in [0.1, 0.15) is 23.1 Å². The number of thiophene rings is 1. The minimum atomic E-state index is -0.648. The molecule has 16 heavy (non-hydrogen) atoms. The molecule has 0 aliphatic carbocycles. The zero-order valence-corrected chi connectivity index (χ0v) is 10.5. The Kier molecular flexibility index (Phi) is 3.97. The number of hydrogen-bond donors (Lipinski definition) is 2. The molecule has 0 bridgehead atoms. The number of ether oxygens (including phenoxy) is 1. The van der Waals surface area contributed by atoms with Crippen molar-refractivity contribution in [1.29, 1.82) is 0 Å². The molecule has 1 aliphatic heterocycles. The third-order valence-electron chi connectivity index (χ3n) is 2.90. The maximum atomic E-state index is 10.0. The van der Waals surface area contributed by atoms with Crippen LogP contribution in [-0.2, 0) is 17.7 Å². The van der Waals surface area contributed by atoms with E-state index in [1.165, 1.54) is 9.75 Å². The van der Waals surface area contributed by atoms with Gasteiger partial charge in [-0.1, -0.05) is 6.92 Å². The average Bonchev–Trinajstić information content (AvgIpc) is 2.88. The molecule has 1 aliphatic rings. The third kappa shape index (κ3) is 3.04. The van der Waals surface area contributed by atoms with Crippen molar-refractivity contribution in [1.82, 2.24) is 5.32 Å². The first-order valence-electron chi connectivity index (χ1n) is 5.80. The third-order valence-corrected chi connectivity index (χ3v) is 4.13. The number of hydrogen-bond acceptors (Lipinski definition) is 4. The molecule has 0 spiro atoms. The quantitative estimate of drug-likeness (QED) is 0.822. The van der Waals surface area contributed by atoms with Gasteiger partial charge in [-0.05, 0) is 18.6 Å². The summed E-state index contributed by atoms with van der Waals surface area (Å²) in [6, 6.07) is 4.33. The van der Waals surface area contributed by atoms with Gasteiger partial charge >= 0.3 is 0 Å². The van der Waals surface area contributed by atoms with E-state index in [-0.39, 0.29) is 0 Å². The minimum absolute atomic E-state index is 0.463. The second-order valence-electron chi connectivity index (χ2n) is 4.35. The molecule has 0 aromatic carbocycles. The highest BCUT2D eigenvalue weighted by Gasteiger charge is 2.31. The first-order chi connectivity index (χ1) is 7.72. The predicted octanol–water partition coefficient (Wildman–Crippen LogP) is 1.55. The lowest BCUT2D eigenvalue weighted by Crippen LogP contribution is -2.40. The van der Waals surface area contributed by atoms with Crippen molar-refractivity contribution < 1.29 is 9.84 Å². The van der Waals surface area contributed by atoms with E-state index in [4.69, 9.17) is 4.74 Å². The molecule has 1 unspecified atom stereocenters. The highest BCUT2D eigenvalue weighted by Crippen LogP contribution is 2.19. The van der Waals surface area contributed by atoms with Gasteiger partial charge in [0, 0.05) is 35.9 Å². The van der Waals surface area contributed by atoms with E-state index in [0.717, 1.165) is 19.4 Å². The van der Waals surface area contributed by atoms with Gasteiger partial charge in [-0.2, -0.15) is 0 Å². The molecule has 3 nitrogen and oxygen atoms in total. The maximum absolute atomic E-state index is 10.0. The molecule has 4 heteroatoms. The second-order valence-corrected chi connectivity index (χ2v) is 5.60. The molecule has 0 radical (unpaired) electrons. The van der Waals surface area contributed by atoms with Crippen molar-refractivity contribution >= 4 is 11.3 Å². The SMILES string of the molecule is CCc1ccc(CNCC2(O)CCOC2)s1. The van der Waals surface area contributed by atoms with Crippen LogP contribution in [0.3, 0.4) is 0 Å². The fourth-order valence-corrected chi connectivity index (χ4v) is 2.79. The number of aliphatic hydroxyl groups is 1. The molecule has 2 heterocycles. The summed E-state index contributed by atoms with van der Waals surface area (Å²) in [5.41, 5.74) is -0.648. The van der Waals surface area contributed by atoms with Gasteiger partial charge in [0.15, 0.2) is 0 Å². The molecule has 1 fully saturated rings. The van der Waals surface area contributed by atoms with Crippen LogP contribution in [0.2, 0.25) is 0 Å². The smallest absolute Gasteiger partial charge is 0.103 e. The number of nitrogens with one attached hydrogen (secondary N) is 1. The highest BCUT2D eigenvalue weighted by molar-refractivity contribution is 7.11. The Morgan fingerprint density at radius 2 is 2.31 bits per heavy atom. The molecule has 1 atom stereocenters. The average molecular weight is 241 g/mol. The topological polar surface area (TPSA) is 41.5 Å². The van der Waals surface area contributed by atoms with Gasteiger partial charge in [-0.3, -0.25) is 0 Å². The van der Waals surface area contributed by atoms with Crippen LogP contribution >= 0.6 is 11.3 Å². The summed E-state index contributed by atoms with van der Waals surface area (Å²) in [4.78, 5) is 2.75. The Hall–Kier alpha value is -0.420. The van der Waals surface area contributed by atoms with Crippen molar-refractivity contribution in [2.45, 2.75) is 31.9 Å². The van der Waals surface area contributed by atoms with Gasteiger partial charge in [0.05, 0.1) is 6.61 Å². The fraction of sp³-hybridized carbons (Fsp3) is 0.667. The minimum Gasteiger partial charge on any atom is -0.386 e. The summed E-state index contributed by atoms with van der Waals surface area (Å²) >= 11 is 1.84. The van der Waals surface area contributed by atoms with Crippen molar-refractivity contribution in [3.8, 4) is 0 Å². The van der Waals surface area contributed by atoms with Gasteiger partial charge in [-0.15, -0.1) is 11.3 Å². The molecule has 1 saturated heterocycles. The van der Waals surface area contributed by atoms with Crippen LogP contribution in [-0.4, -0.2) is 30.5 Å². The van der Waals surface area contributed by atoms with E-state index in [2.05, 4.69) is 24.4 Å². The molecule has 0 saturated carbocycles. The van der Waals surface area contributed by atoms with Crippen molar-refractivity contribution in [2.75, 3.05) is 19.8 Å². The lowest BCUT2D eigenvalue weighted by Gasteiger charge is -2.20. The van der Waals surface area contributed by atoms with E-state index in [9.17, 15) is 5.11 Å². The summed E-state index contributed by atoms with van der Waals surface area (Å²) in [7, 11) is 0. The van der Waals surface area contributed by atoms with E-state index in [1.807, 2.05) is 11.3 Å². The van der Waals surface area contributed by atoms with E-state index >= 15 is 0 Å². The molecule has 2 N–H and O–H groups in total. The first kappa shape index (κ1) is 12.0. The Labute approximate surface area is 100 Å². The zero-order chi connectivity index (χ0) is 11.4. The number of rotatable bonds is 5. The standard InChI is InChI=1S/C12H19NO2S/c1-2-10-3-4-11(16-10)7-13-8-12(14)5-6-15-9-12/h3-4,13-14H,2,5-9H2,1H3. The van der Waals surface area contributed by atoms with E-state index in [1.54, 1.807) is 0 Å². The summed E-state index contributed by atoms with van der Waals surface area (Å²) < 4.78 is 5.20. The van der Waals surface area contributed by atoms with Gasteiger partial charge in [-0.25, -0.2) is 0 Å². The van der Waals surface area contributed by atoms with Crippen LogP contribution in [0, 0.1) is 0 Å². The lowest BCUT2D eigenvalue weighted by molar-refractivity contribution is 0.0269. The molecular weight excluding hydrogens is 222 g/mol. The Morgan fingerprint density at radius 1 is 1.50 bits per heavy atom. The van der Waals surface area contributed by atoms with Crippen LogP contribution in [0.25, 0.3) is 0 Å². The summed E-state index contributed by atoms with van der Waals surface area (Å²) in [5, 5.41) is 13.3. The lowest BCUT2D eigenvalue weighted by atomic mass is 10.0. The van der Waals surface area contributed by atoms with Gasteiger partial charge in [0.1, 0.15) is 5.60 Å². The molecule has 1 aromatic heterocycles. The fourth-order valence-electron chi connectivity index (χ4n) is 1.86. The van der Waals surface area contributed by atoms with Gasteiger partial charge in [0.25, 0.3) is 0 Å². The summed E-state index contributed by atoms with van der Waals surface area (Å²) in [5.74, 6) is 0. The maximum Gasteiger partial charge on any atom is 0.103 e. The Morgan fingerprint density at radius 3 is 2.94 bits per heavy atom. The van der Waals surface area contributed by atoms with Crippen LogP contribution in [0.15, 0.2) is 12.1 Å². The second kappa shape index (κ2) is 5.27. The van der Waals surface area contributed by atoms with Gasteiger partial charge < -0.3 is 15.2 Å². The van der Waals surface area contributed by atoms with Crippen molar-refractivity contribution in [3.05, 3.63) is 21.9 Å². The summed E-state index contributed by atoms with van der Waals surface area (Å²) in [6.07, 6.45) is 1.84. The first-order valence-corrected chi connectivity index (χ1v) is 6.62. The van der Waals surface area contributed by atoms with Crippen molar-refractivity contribution in [3.63, 3.8) is 0 Å². The number of aryl methyl sites for hydroxylation is 1. The Balaban J connectivity index is 1.75. The Bertz CT molecular complexity index is 332. The van der Waals surface area contributed by atoms with Gasteiger partial charge in [0.2, 0.25) is 0 Å². The molecule has 2 rings (SSSR count). The molecule has 90 valence electrons. The normalized spacial score (nSPS) is 25.1. The molecule has 1 aromatic rings. The van der Waals surface area contributed by atoms with E-state index in [0.29, 0.717) is 19.8 Å². The largest absolute Gasteiger partial charge is 0.386 e. The van der Waals surface area contributed by atoms with E-state index < -0.39 is 5.60 Å².